The molecule has 0 heterocycles. The number of ether oxygens (including phenoxy) is 1. The number of nitrogens with zero attached hydrogens (tertiary/aromatic N) is 2. The van der Waals surface area contributed by atoms with Gasteiger partial charge in [-0.25, -0.2) is 4.79 Å². The molecule has 0 aromatic heterocycles. The Balaban J connectivity index is 1.81. The highest BCUT2D eigenvalue weighted by Crippen LogP contribution is 2.26. The lowest BCUT2D eigenvalue weighted by molar-refractivity contribution is -0.139. The number of amides is 2. The van der Waals surface area contributed by atoms with Crippen LogP contribution < -0.4 is 10.1 Å². The molecule has 2 amide bonds. The van der Waals surface area contributed by atoms with Crippen LogP contribution in [-0.4, -0.2) is 65.7 Å². The van der Waals surface area contributed by atoms with Crippen molar-refractivity contribution in [1.29, 1.82) is 0 Å². The van der Waals surface area contributed by atoms with Crippen molar-refractivity contribution in [3.8, 4) is 5.75 Å². The fourth-order valence-electron chi connectivity index (χ4n) is 3.22. The average molecular weight is 363 g/mol. The van der Waals surface area contributed by atoms with Gasteiger partial charge in [0.15, 0.2) is 0 Å². The van der Waals surface area contributed by atoms with Gasteiger partial charge < -0.3 is 20.1 Å². The number of hydrogen-bond donors (Lipinski definition) is 2. The maximum absolute atomic E-state index is 12.5. The van der Waals surface area contributed by atoms with Crippen molar-refractivity contribution < 1.29 is 19.4 Å². The molecule has 144 valence electrons. The van der Waals surface area contributed by atoms with Gasteiger partial charge in [0.25, 0.3) is 0 Å². The Bertz CT molecular complexity index is 599. The van der Waals surface area contributed by atoms with E-state index in [-0.39, 0.29) is 24.7 Å². The van der Waals surface area contributed by atoms with Crippen LogP contribution in [0.2, 0.25) is 0 Å². The van der Waals surface area contributed by atoms with Gasteiger partial charge in [-0.05, 0) is 44.0 Å². The first-order valence-corrected chi connectivity index (χ1v) is 9.11. The Kier molecular flexibility index (Phi) is 7.26. The number of likely N-dealkylation sites (N-methyl/N-ethyl adjacent to an activating group) is 1. The van der Waals surface area contributed by atoms with Gasteiger partial charge in [-0.2, -0.15) is 0 Å². The summed E-state index contributed by atoms with van der Waals surface area (Å²) in [6.45, 7) is 5.84. The molecule has 2 rings (SSSR count). The quantitative estimate of drug-likeness (QED) is 0.703. The van der Waals surface area contributed by atoms with Gasteiger partial charge in [0.1, 0.15) is 5.75 Å². The van der Waals surface area contributed by atoms with E-state index in [1.54, 1.807) is 12.0 Å². The van der Waals surface area contributed by atoms with Crippen LogP contribution in [0.15, 0.2) is 24.3 Å². The van der Waals surface area contributed by atoms with Crippen LogP contribution >= 0.6 is 0 Å². The zero-order valence-corrected chi connectivity index (χ0v) is 15.8. The van der Waals surface area contributed by atoms with Gasteiger partial charge in [0.2, 0.25) is 0 Å². The van der Waals surface area contributed by atoms with Crippen LogP contribution in [0.3, 0.4) is 0 Å². The molecule has 1 aliphatic rings. The van der Waals surface area contributed by atoms with Crippen molar-refractivity contribution in [2.45, 2.75) is 45.3 Å². The van der Waals surface area contributed by atoms with E-state index in [1.165, 1.54) is 0 Å². The minimum atomic E-state index is -0.809. The highest BCUT2D eigenvalue weighted by atomic mass is 16.5. The topological polar surface area (TPSA) is 82.1 Å². The highest BCUT2D eigenvalue weighted by molar-refractivity contribution is 5.74. The molecule has 0 unspecified atom stereocenters. The van der Waals surface area contributed by atoms with Crippen LogP contribution in [0.25, 0.3) is 0 Å². The fraction of sp³-hybridized carbons (Fsp3) is 0.579. The minimum absolute atomic E-state index is 0.0559. The molecule has 1 aromatic carbocycles. The Hall–Kier alpha value is -2.28. The lowest BCUT2D eigenvalue weighted by Crippen LogP contribution is -2.56. The largest absolute Gasteiger partial charge is 0.497 e. The summed E-state index contributed by atoms with van der Waals surface area (Å²) < 4.78 is 5.15. The summed E-state index contributed by atoms with van der Waals surface area (Å²) >= 11 is 0. The number of nitrogens with one attached hydrogen (secondary N) is 1. The number of rotatable bonds is 9. The average Bonchev–Trinajstić information content (AvgIpc) is 2.60. The van der Waals surface area contributed by atoms with Gasteiger partial charge in [0, 0.05) is 25.2 Å². The predicted octanol–water partition coefficient (Wildman–Crippen LogP) is 2.16. The third kappa shape index (κ3) is 5.36. The van der Waals surface area contributed by atoms with Crippen LogP contribution in [0.4, 0.5) is 4.79 Å². The van der Waals surface area contributed by atoms with E-state index < -0.39 is 5.97 Å². The molecule has 0 aliphatic heterocycles. The first-order valence-electron chi connectivity index (χ1n) is 9.11. The zero-order chi connectivity index (χ0) is 19.1. The van der Waals surface area contributed by atoms with Gasteiger partial charge in [-0.3, -0.25) is 9.69 Å². The van der Waals surface area contributed by atoms with Crippen LogP contribution in [0.5, 0.6) is 5.75 Å². The van der Waals surface area contributed by atoms with Crippen molar-refractivity contribution in [3.05, 3.63) is 29.8 Å². The molecule has 0 radical (unpaired) electrons. The molecule has 1 fully saturated rings. The van der Waals surface area contributed by atoms with Gasteiger partial charge in [0.05, 0.1) is 13.7 Å². The molecule has 1 aliphatic carbocycles. The van der Waals surface area contributed by atoms with Crippen molar-refractivity contribution in [2.24, 2.45) is 0 Å². The van der Waals surface area contributed by atoms with Crippen molar-refractivity contribution in [2.75, 3.05) is 26.7 Å². The number of aliphatic carboxylic acids is 1. The highest BCUT2D eigenvalue weighted by Gasteiger charge is 2.35. The fourth-order valence-corrected chi connectivity index (χ4v) is 3.22. The zero-order valence-electron chi connectivity index (χ0n) is 15.8. The lowest BCUT2D eigenvalue weighted by Gasteiger charge is -2.42. The van der Waals surface area contributed by atoms with E-state index in [0.29, 0.717) is 19.6 Å². The van der Waals surface area contributed by atoms with E-state index in [1.807, 2.05) is 43.0 Å². The molecule has 26 heavy (non-hydrogen) atoms. The summed E-state index contributed by atoms with van der Waals surface area (Å²) in [6, 6.07) is 7.96. The molecular formula is C19H29N3O4. The summed E-state index contributed by atoms with van der Waals surface area (Å²) in [6.07, 6.45) is 1.60. The van der Waals surface area contributed by atoms with Gasteiger partial charge >= 0.3 is 12.0 Å². The molecule has 7 nitrogen and oxygen atoms in total. The molecule has 0 spiro atoms. The number of carbonyl (C=O) groups excluding carboxylic acids is 1. The number of urea groups is 1. The Labute approximate surface area is 154 Å². The second kappa shape index (κ2) is 9.43. The third-order valence-electron chi connectivity index (χ3n) is 4.90. The molecule has 2 N–H and O–H groups in total. The monoisotopic (exact) mass is 363 g/mol. The van der Waals surface area contributed by atoms with Crippen LogP contribution in [0, 0.1) is 0 Å². The Morgan fingerprint density at radius 2 is 1.85 bits per heavy atom. The van der Waals surface area contributed by atoms with Crippen LogP contribution in [0.1, 0.15) is 32.3 Å². The van der Waals surface area contributed by atoms with Gasteiger partial charge in [-0.15, -0.1) is 0 Å². The number of carboxylic acid groups (broad SMARTS) is 1. The summed E-state index contributed by atoms with van der Waals surface area (Å²) in [4.78, 5) is 27.1. The van der Waals surface area contributed by atoms with Gasteiger partial charge in [-0.1, -0.05) is 19.1 Å². The van der Waals surface area contributed by atoms with Crippen molar-refractivity contribution in [3.63, 3.8) is 0 Å². The maximum atomic E-state index is 12.5. The number of methoxy groups -OCH3 is 1. The molecule has 0 saturated heterocycles. The molecule has 1 saturated carbocycles. The van der Waals surface area contributed by atoms with E-state index in [2.05, 4.69) is 5.32 Å². The predicted molar refractivity (Wildman–Crippen MR) is 99.3 cm³/mol. The maximum Gasteiger partial charge on any atom is 0.317 e. The smallest absolute Gasteiger partial charge is 0.317 e. The Morgan fingerprint density at radius 1 is 1.19 bits per heavy atom. The molecule has 0 bridgehead atoms. The van der Waals surface area contributed by atoms with Crippen molar-refractivity contribution >= 4 is 12.0 Å². The molecule has 0 atom stereocenters. The standard InChI is InChI=1S/C19H29N3O4/c1-4-21(13-18(23)24)16-10-15(11-16)20-19(25)22(5-2)12-14-6-8-17(26-3)9-7-14/h6-9,15-16H,4-5,10-13H2,1-3H3,(H,20,25)(H,23,24). The van der Waals surface area contributed by atoms with E-state index in [0.717, 1.165) is 24.2 Å². The van der Waals surface area contributed by atoms with E-state index in [4.69, 9.17) is 9.84 Å². The summed E-state index contributed by atoms with van der Waals surface area (Å²) in [5.74, 6) is -0.0143. The number of benzene rings is 1. The van der Waals surface area contributed by atoms with Crippen molar-refractivity contribution in [1.82, 2.24) is 15.1 Å². The summed E-state index contributed by atoms with van der Waals surface area (Å²) in [7, 11) is 1.63. The number of carbonyl (C=O) groups is 2. The van der Waals surface area contributed by atoms with E-state index in [9.17, 15) is 9.59 Å². The van der Waals surface area contributed by atoms with Crippen LogP contribution in [-0.2, 0) is 11.3 Å². The first-order chi connectivity index (χ1) is 12.5. The number of carboxylic acids is 1. The lowest BCUT2D eigenvalue weighted by atomic mass is 9.85. The second-order valence-electron chi connectivity index (χ2n) is 6.59. The van der Waals surface area contributed by atoms with E-state index >= 15 is 0 Å². The molecular weight excluding hydrogens is 334 g/mol. The SMILES string of the molecule is CCN(Cc1ccc(OC)cc1)C(=O)NC1CC(N(CC)CC(=O)O)C1. The normalized spacial score (nSPS) is 18.9. The second-order valence-corrected chi connectivity index (χ2v) is 6.59. The third-order valence-corrected chi connectivity index (χ3v) is 4.90. The molecule has 1 aromatic rings. The Morgan fingerprint density at radius 3 is 2.35 bits per heavy atom. The molecule has 7 heteroatoms. The number of hydrogen-bond acceptors (Lipinski definition) is 4. The first kappa shape index (κ1) is 20.0. The summed E-state index contributed by atoms with van der Waals surface area (Å²) in [5.41, 5.74) is 1.05. The minimum Gasteiger partial charge on any atom is -0.497 e. The summed E-state index contributed by atoms with van der Waals surface area (Å²) in [5, 5.41) is 12.0.